The lowest BCUT2D eigenvalue weighted by molar-refractivity contribution is -0.140. The maximum Gasteiger partial charge on any atom is 0.406 e. The number of hydrogen-bond donors (Lipinski definition) is 1. The fraction of sp³-hybridized carbons (Fsp3) is 0.467. The highest BCUT2D eigenvalue weighted by molar-refractivity contribution is 5.95. The summed E-state index contributed by atoms with van der Waals surface area (Å²) in [5.41, 5.74) is -0.00720. The number of benzene rings is 1. The van der Waals surface area contributed by atoms with Gasteiger partial charge >= 0.3 is 12.1 Å². The van der Waals surface area contributed by atoms with Gasteiger partial charge in [-0.15, -0.1) is 0 Å². The molecular weight excluding hydrogens is 331 g/mol. The van der Waals surface area contributed by atoms with E-state index in [9.17, 15) is 22.8 Å². The normalized spacial score (nSPS) is 11.0. The van der Waals surface area contributed by atoms with Crippen molar-refractivity contribution in [2.24, 2.45) is 0 Å². The summed E-state index contributed by atoms with van der Waals surface area (Å²) in [5, 5.41) is 8.62. The lowest BCUT2D eigenvalue weighted by Gasteiger charge is -2.22. The molecule has 0 radical (unpaired) electrons. The molecule has 1 aromatic carbocycles. The molecule has 9 heteroatoms. The highest BCUT2D eigenvalue weighted by atomic mass is 19.4. The molecule has 0 aromatic heterocycles. The van der Waals surface area contributed by atoms with Gasteiger partial charge in [-0.05, 0) is 32.0 Å². The number of amides is 1. The lowest BCUT2D eigenvalue weighted by Crippen LogP contribution is -2.38. The van der Waals surface area contributed by atoms with Gasteiger partial charge in [0.15, 0.2) is 18.1 Å². The van der Waals surface area contributed by atoms with E-state index in [2.05, 4.69) is 0 Å². The molecule has 1 rings (SSSR count). The zero-order chi connectivity index (χ0) is 18.3. The van der Waals surface area contributed by atoms with Crippen molar-refractivity contribution < 1.29 is 37.3 Å². The molecule has 1 amide bonds. The zero-order valence-corrected chi connectivity index (χ0v) is 13.2. The molecular formula is C15H18F3NO5. The molecule has 0 bridgehead atoms. The lowest BCUT2D eigenvalue weighted by atomic mass is 10.1. The van der Waals surface area contributed by atoms with Gasteiger partial charge in [0.25, 0.3) is 5.91 Å². The number of carboxylic acid groups (broad SMARTS) is 1. The monoisotopic (exact) mass is 349 g/mol. The predicted octanol–water partition coefficient (Wildman–Crippen LogP) is 2.57. The van der Waals surface area contributed by atoms with E-state index in [1.807, 2.05) is 0 Å². The minimum atomic E-state index is -4.50. The quantitative estimate of drug-likeness (QED) is 0.781. The third-order valence-electron chi connectivity index (χ3n) is 2.88. The van der Waals surface area contributed by atoms with Crippen molar-refractivity contribution in [3.8, 4) is 11.5 Å². The number of rotatable bonds is 8. The highest BCUT2D eigenvalue weighted by Crippen LogP contribution is 2.29. The summed E-state index contributed by atoms with van der Waals surface area (Å²) in [5.74, 6) is -1.82. The molecule has 0 aliphatic rings. The molecule has 0 spiro atoms. The van der Waals surface area contributed by atoms with Gasteiger partial charge in [0.1, 0.15) is 6.54 Å². The number of ether oxygens (including phenoxy) is 2. The number of halogens is 3. The van der Waals surface area contributed by atoms with Crippen molar-refractivity contribution in [2.45, 2.75) is 20.0 Å². The van der Waals surface area contributed by atoms with Gasteiger partial charge in [0.05, 0.1) is 6.61 Å². The van der Waals surface area contributed by atoms with E-state index in [0.29, 0.717) is 4.90 Å². The minimum Gasteiger partial charge on any atom is -0.490 e. The van der Waals surface area contributed by atoms with E-state index >= 15 is 0 Å². The highest BCUT2D eigenvalue weighted by Gasteiger charge is 2.32. The maximum atomic E-state index is 12.5. The van der Waals surface area contributed by atoms with Gasteiger partial charge in [-0.1, -0.05) is 0 Å². The third kappa shape index (κ3) is 5.98. The van der Waals surface area contributed by atoms with E-state index in [0.717, 1.165) is 0 Å². The van der Waals surface area contributed by atoms with Crippen LogP contribution in [0.3, 0.4) is 0 Å². The SMILES string of the molecule is CCOc1cc(C(=O)N(CC)CC(F)(F)F)ccc1OCC(=O)O. The Morgan fingerprint density at radius 1 is 1.17 bits per heavy atom. The molecule has 0 saturated heterocycles. The van der Waals surface area contributed by atoms with Gasteiger partial charge in [-0.25, -0.2) is 4.79 Å². The molecule has 0 atom stereocenters. The number of nitrogens with zero attached hydrogens (tertiary/aromatic N) is 1. The largest absolute Gasteiger partial charge is 0.490 e. The Hall–Kier alpha value is -2.45. The van der Waals surface area contributed by atoms with Gasteiger partial charge < -0.3 is 19.5 Å². The molecule has 0 saturated carbocycles. The summed E-state index contributed by atoms with van der Waals surface area (Å²) < 4.78 is 47.8. The number of carbonyl (C=O) groups is 2. The van der Waals surface area contributed by atoms with Crippen molar-refractivity contribution in [3.05, 3.63) is 23.8 Å². The van der Waals surface area contributed by atoms with Crippen LogP contribution in [-0.2, 0) is 4.79 Å². The first-order chi connectivity index (χ1) is 11.2. The first-order valence-corrected chi connectivity index (χ1v) is 7.15. The van der Waals surface area contributed by atoms with Crippen LogP contribution in [0.15, 0.2) is 18.2 Å². The fourth-order valence-corrected chi connectivity index (χ4v) is 1.89. The summed E-state index contributed by atoms with van der Waals surface area (Å²) >= 11 is 0. The van der Waals surface area contributed by atoms with Crippen LogP contribution in [0.4, 0.5) is 13.2 Å². The first kappa shape index (κ1) is 19.6. The summed E-state index contributed by atoms with van der Waals surface area (Å²) in [6.45, 7) is 1.24. The Morgan fingerprint density at radius 2 is 1.83 bits per heavy atom. The third-order valence-corrected chi connectivity index (χ3v) is 2.88. The van der Waals surface area contributed by atoms with Gasteiger partial charge in [-0.3, -0.25) is 4.79 Å². The molecule has 1 N–H and O–H groups in total. The average molecular weight is 349 g/mol. The van der Waals surface area contributed by atoms with Crippen LogP contribution >= 0.6 is 0 Å². The molecule has 6 nitrogen and oxygen atoms in total. The van der Waals surface area contributed by atoms with Crippen LogP contribution < -0.4 is 9.47 Å². The van der Waals surface area contributed by atoms with Gasteiger partial charge in [-0.2, -0.15) is 13.2 Å². The Labute approximate surface area is 136 Å². The molecule has 0 unspecified atom stereocenters. The summed E-state index contributed by atoms with van der Waals surface area (Å²) in [4.78, 5) is 23.4. The molecule has 0 aliphatic carbocycles. The summed E-state index contributed by atoms with van der Waals surface area (Å²) in [6, 6.07) is 3.80. The van der Waals surface area contributed by atoms with Crippen molar-refractivity contribution in [3.63, 3.8) is 0 Å². The van der Waals surface area contributed by atoms with E-state index in [-0.39, 0.29) is 30.2 Å². The van der Waals surface area contributed by atoms with Crippen molar-refractivity contribution in [2.75, 3.05) is 26.3 Å². The minimum absolute atomic E-state index is 0.00720. The maximum absolute atomic E-state index is 12.5. The molecule has 0 aliphatic heterocycles. The molecule has 134 valence electrons. The van der Waals surface area contributed by atoms with Crippen molar-refractivity contribution >= 4 is 11.9 Å². The smallest absolute Gasteiger partial charge is 0.406 e. The number of carboxylic acids is 1. The van der Waals surface area contributed by atoms with Crippen molar-refractivity contribution in [1.82, 2.24) is 4.90 Å². The summed E-state index contributed by atoms with van der Waals surface area (Å²) in [7, 11) is 0. The van der Waals surface area contributed by atoms with E-state index in [1.165, 1.54) is 25.1 Å². The molecule has 0 heterocycles. The van der Waals surface area contributed by atoms with Crippen LogP contribution in [0, 0.1) is 0 Å². The van der Waals surface area contributed by atoms with E-state index in [1.54, 1.807) is 6.92 Å². The second-order valence-corrected chi connectivity index (χ2v) is 4.71. The Bertz CT molecular complexity index is 589. The summed E-state index contributed by atoms with van der Waals surface area (Å²) in [6.07, 6.45) is -4.50. The predicted molar refractivity (Wildman–Crippen MR) is 78.4 cm³/mol. The van der Waals surface area contributed by atoms with Crippen LogP contribution in [0.25, 0.3) is 0 Å². The Kier molecular flexibility index (Phi) is 6.87. The van der Waals surface area contributed by atoms with Crippen LogP contribution in [0.5, 0.6) is 11.5 Å². The first-order valence-electron chi connectivity index (χ1n) is 7.15. The Balaban J connectivity index is 3.04. The number of carbonyl (C=O) groups excluding carboxylic acids is 1. The second kappa shape index (κ2) is 8.42. The molecule has 24 heavy (non-hydrogen) atoms. The number of alkyl halides is 3. The van der Waals surface area contributed by atoms with E-state index in [4.69, 9.17) is 14.6 Å². The standard InChI is InChI=1S/C15H18F3NO5/c1-3-19(9-15(16,17)18)14(22)10-5-6-11(24-8-13(20)21)12(7-10)23-4-2/h5-7H,3-4,8-9H2,1-2H3,(H,20,21). The average Bonchev–Trinajstić information content (AvgIpc) is 2.50. The van der Waals surface area contributed by atoms with Crippen molar-refractivity contribution in [1.29, 1.82) is 0 Å². The van der Waals surface area contributed by atoms with Gasteiger partial charge in [0, 0.05) is 12.1 Å². The van der Waals surface area contributed by atoms with Gasteiger partial charge in [0.2, 0.25) is 0 Å². The second-order valence-electron chi connectivity index (χ2n) is 4.71. The molecule has 1 aromatic rings. The number of hydrogen-bond acceptors (Lipinski definition) is 4. The van der Waals surface area contributed by atoms with Crippen LogP contribution in [0.2, 0.25) is 0 Å². The zero-order valence-electron chi connectivity index (χ0n) is 13.2. The topological polar surface area (TPSA) is 76.1 Å². The molecule has 0 fully saturated rings. The Morgan fingerprint density at radius 3 is 2.33 bits per heavy atom. The van der Waals surface area contributed by atoms with E-state index < -0.39 is 31.2 Å². The van der Waals surface area contributed by atoms with Crippen LogP contribution in [-0.4, -0.2) is 54.4 Å². The fourth-order valence-electron chi connectivity index (χ4n) is 1.89. The number of aliphatic carboxylic acids is 1. The van der Waals surface area contributed by atoms with Crippen LogP contribution in [0.1, 0.15) is 24.2 Å².